The molecular weight excluding hydrogens is 346 g/mol. The molecule has 2 rings (SSSR count). The maximum Gasteiger partial charge on any atom is 0.0454 e. The van der Waals surface area contributed by atoms with Crippen molar-refractivity contribution in [2.45, 2.75) is 58.4 Å². The number of rotatable bonds is 6. The summed E-state index contributed by atoms with van der Waals surface area (Å²) in [5.74, 6) is 1.65. The molecule has 0 spiro atoms. The zero-order valence-electron chi connectivity index (χ0n) is 13.2. The Kier molecular flexibility index (Phi) is 7.04. The Morgan fingerprint density at radius 3 is 2.57 bits per heavy atom. The van der Waals surface area contributed by atoms with Crippen LogP contribution in [0.4, 0.5) is 0 Å². The molecule has 1 aliphatic carbocycles. The summed E-state index contributed by atoms with van der Waals surface area (Å²) in [6, 6.07) is 6.63. The van der Waals surface area contributed by atoms with Crippen LogP contribution in [0.15, 0.2) is 22.7 Å². The van der Waals surface area contributed by atoms with Gasteiger partial charge in [0.15, 0.2) is 0 Å². The number of hydrogen-bond acceptors (Lipinski definition) is 1. The van der Waals surface area contributed by atoms with Crippen molar-refractivity contribution in [2.75, 3.05) is 6.54 Å². The van der Waals surface area contributed by atoms with Gasteiger partial charge < -0.3 is 5.32 Å². The first kappa shape index (κ1) is 17.3. The molecule has 0 radical (unpaired) electrons. The van der Waals surface area contributed by atoms with Crippen molar-refractivity contribution in [1.82, 2.24) is 5.32 Å². The summed E-state index contributed by atoms with van der Waals surface area (Å²) in [6.45, 7) is 5.60. The van der Waals surface area contributed by atoms with Gasteiger partial charge in [-0.05, 0) is 61.4 Å². The molecule has 0 amide bonds. The van der Waals surface area contributed by atoms with Gasteiger partial charge in [-0.25, -0.2) is 0 Å². The number of halogens is 2. The van der Waals surface area contributed by atoms with E-state index < -0.39 is 0 Å². The van der Waals surface area contributed by atoms with Gasteiger partial charge in [-0.3, -0.25) is 0 Å². The molecule has 0 saturated heterocycles. The lowest BCUT2D eigenvalue weighted by Gasteiger charge is -2.35. The van der Waals surface area contributed by atoms with Gasteiger partial charge in [-0.15, -0.1) is 0 Å². The highest BCUT2D eigenvalue weighted by Gasteiger charge is 2.28. The van der Waals surface area contributed by atoms with E-state index in [0.29, 0.717) is 12.0 Å². The third-order valence-electron chi connectivity index (χ3n) is 4.85. The van der Waals surface area contributed by atoms with Crippen LogP contribution in [0.5, 0.6) is 0 Å². The number of hydrogen-bond donors (Lipinski definition) is 1. The van der Waals surface area contributed by atoms with Crippen molar-refractivity contribution in [1.29, 1.82) is 0 Å². The second-order valence-electron chi connectivity index (χ2n) is 6.29. The van der Waals surface area contributed by atoms with Crippen molar-refractivity contribution in [2.24, 2.45) is 11.8 Å². The summed E-state index contributed by atoms with van der Waals surface area (Å²) in [5, 5.41) is 4.64. The van der Waals surface area contributed by atoms with Gasteiger partial charge in [0, 0.05) is 15.5 Å². The molecule has 21 heavy (non-hydrogen) atoms. The molecule has 3 heteroatoms. The van der Waals surface area contributed by atoms with Crippen LogP contribution in [-0.2, 0) is 0 Å². The van der Waals surface area contributed by atoms with E-state index in [4.69, 9.17) is 11.6 Å². The molecule has 1 saturated carbocycles. The maximum atomic E-state index is 6.48. The molecule has 1 atom stereocenters. The van der Waals surface area contributed by atoms with Gasteiger partial charge in [0.2, 0.25) is 0 Å². The first-order chi connectivity index (χ1) is 10.2. The Morgan fingerprint density at radius 2 is 1.95 bits per heavy atom. The molecule has 0 aliphatic heterocycles. The average molecular weight is 373 g/mol. The van der Waals surface area contributed by atoms with E-state index in [1.807, 2.05) is 12.1 Å². The van der Waals surface area contributed by atoms with Crippen molar-refractivity contribution in [3.05, 3.63) is 33.3 Å². The van der Waals surface area contributed by atoms with Gasteiger partial charge >= 0.3 is 0 Å². The SMILES string of the molecule is CCCNC(c1cc(Br)ccc1Cl)C1CCC(CC)CC1. The summed E-state index contributed by atoms with van der Waals surface area (Å²) in [7, 11) is 0. The quantitative estimate of drug-likeness (QED) is 0.612. The van der Waals surface area contributed by atoms with Crippen LogP contribution in [0.2, 0.25) is 5.02 Å². The van der Waals surface area contributed by atoms with Crippen LogP contribution in [0.1, 0.15) is 64.0 Å². The minimum atomic E-state index is 0.396. The van der Waals surface area contributed by atoms with Crippen LogP contribution in [0.25, 0.3) is 0 Å². The van der Waals surface area contributed by atoms with Crippen LogP contribution in [0.3, 0.4) is 0 Å². The Balaban J connectivity index is 2.16. The molecular formula is C18H27BrClN. The molecule has 1 fully saturated rings. The fourth-order valence-electron chi connectivity index (χ4n) is 3.51. The fourth-order valence-corrected chi connectivity index (χ4v) is 4.13. The zero-order chi connectivity index (χ0) is 15.2. The Bertz CT molecular complexity index is 441. The second kappa shape index (κ2) is 8.55. The second-order valence-corrected chi connectivity index (χ2v) is 7.61. The fraction of sp³-hybridized carbons (Fsp3) is 0.667. The lowest BCUT2D eigenvalue weighted by atomic mass is 9.76. The van der Waals surface area contributed by atoms with Crippen molar-refractivity contribution in [3.63, 3.8) is 0 Å². The predicted molar refractivity (Wildman–Crippen MR) is 95.9 cm³/mol. The smallest absolute Gasteiger partial charge is 0.0454 e. The molecule has 0 heterocycles. The largest absolute Gasteiger partial charge is 0.310 e. The van der Waals surface area contributed by atoms with Crippen LogP contribution < -0.4 is 5.32 Å². The van der Waals surface area contributed by atoms with E-state index in [-0.39, 0.29) is 0 Å². The third-order valence-corrected chi connectivity index (χ3v) is 5.68. The average Bonchev–Trinajstić information content (AvgIpc) is 2.51. The van der Waals surface area contributed by atoms with Gasteiger partial charge in [-0.2, -0.15) is 0 Å². The predicted octanol–water partition coefficient (Wildman–Crippen LogP) is 6.36. The van der Waals surface area contributed by atoms with Crippen molar-refractivity contribution >= 4 is 27.5 Å². The Hall–Kier alpha value is -0.0500. The minimum absolute atomic E-state index is 0.396. The van der Waals surface area contributed by atoms with E-state index in [1.54, 1.807) is 0 Å². The number of benzene rings is 1. The molecule has 0 aromatic heterocycles. The molecule has 1 aliphatic rings. The molecule has 1 nitrogen and oxygen atoms in total. The molecule has 1 aromatic rings. The summed E-state index contributed by atoms with van der Waals surface area (Å²) in [4.78, 5) is 0. The summed E-state index contributed by atoms with van der Waals surface area (Å²) in [6.07, 6.45) is 7.88. The lowest BCUT2D eigenvalue weighted by Crippen LogP contribution is -2.31. The monoisotopic (exact) mass is 371 g/mol. The molecule has 118 valence electrons. The first-order valence-corrected chi connectivity index (χ1v) is 9.51. The van der Waals surface area contributed by atoms with Crippen LogP contribution >= 0.6 is 27.5 Å². The van der Waals surface area contributed by atoms with E-state index in [0.717, 1.165) is 28.4 Å². The molecule has 1 N–H and O–H groups in total. The summed E-state index contributed by atoms with van der Waals surface area (Å²) in [5.41, 5.74) is 1.26. The van der Waals surface area contributed by atoms with E-state index in [9.17, 15) is 0 Å². The normalized spacial score (nSPS) is 24.0. The van der Waals surface area contributed by atoms with Crippen molar-refractivity contribution in [3.8, 4) is 0 Å². The Labute approximate surface area is 143 Å². The number of nitrogens with one attached hydrogen (secondary N) is 1. The standard InChI is InChI=1S/C18H27BrClN/c1-3-11-21-18(14-7-5-13(4-2)6-8-14)16-12-15(19)9-10-17(16)20/h9-10,12-14,18,21H,3-8,11H2,1-2H3. The molecule has 1 aromatic carbocycles. The first-order valence-electron chi connectivity index (χ1n) is 8.34. The minimum Gasteiger partial charge on any atom is -0.310 e. The van der Waals surface area contributed by atoms with E-state index in [2.05, 4.69) is 41.2 Å². The molecule has 0 bridgehead atoms. The van der Waals surface area contributed by atoms with Gasteiger partial charge in [0.05, 0.1) is 0 Å². The highest BCUT2D eigenvalue weighted by Crippen LogP contribution is 2.40. The third kappa shape index (κ3) is 4.71. The highest BCUT2D eigenvalue weighted by atomic mass is 79.9. The van der Waals surface area contributed by atoms with Crippen molar-refractivity contribution < 1.29 is 0 Å². The maximum absolute atomic E-state index is 6.48. The van der Waals surface area contributed by atoms with Gasteiger partial charge in [0.25, 0.3) is 0 Å². The molecule has 1 unspecified atom stereocenters. The topological polar surface area (TPSA) is 12.0 Å². The summed E-state index contributed by atoms with van der Waals surface area (Å²) >= 11 is 10.1. The highest BCUT2D eigenvalue weighted by molar-refractivity contribution is 9.10. The van der Waals surface area contributed by atoms with Crippen LogP contribution in [0, 0.1) is 11.8 Å². The van der Waals surface area contributed by atoms with E-state index in [1.165, 1.54) is 37.7 Å². The lowest BCUT2D eigenvalue weighted by molar-refractivity contribution is 0.219. The Morgan fingerprint density at radius 1 is 1.24 bits per heavy atom. The summed E-state index contributed by atoms with van der Waals surface area (Å²) < 4.78 is 1.12. The van der Waals surface area contributed by atoms with Gasteiger partial charge in [0.1, 0.15) is 0 Å². The van der Waals surface area contributed by atoms with Gasteiger partial charge in [-0.1, -0.05) is 60.6 Å². The van der Waals surface area contributed by atoms with Crippen LogP contribution in [-0.4, -0.2) is 6.54 Å². The zero-order valence-corrected chi connectivity index (χ0v) is 15.5. The van der Waals surface area contributed by atoms with E-state index >= 15 is 0 Å².